The molecule has 0 atom stereocenters. The molecule has 0 saturated carbocycles. The minimum Gasteiger partial charge on any atom is -0.495 e. The van der Waals surface area contributed by atoms with Crippen LogP contribution in [0.1, 0.15) is 11.1 Å². The first-order chi connectivity index (χ1) is 10.6. The number of nitrogens with two attached hydrogens (primary N) is 1. The molecule has 2 aromatic rings. The smallest absolute Gasteiger partial charge is 0.387 e. The molecule has 2 rings (SSSR count). The Kier molecular flexibility index (Phi) is 5.21. The normalized spacial score (nSPS) is 10.0. The molecule has 0 aliphatic heterocycles. The van der Waals surface area contributed by atoms with E-state index < -0.39 is 6.61 Å². The molecule has 114 valence electrons. The summed E-state index contributed by atoms with van der Waals surface area (Å²) >= 11 is 0. The van der Waals surface area contributed by atoms with Gasteiger partial charge in [-0.15, -0.1) is 0 Å². The standard InChI is InChI=1S/C17H15F2NO2/c1-21-16-11-14(20)8-7-13(16)4-2-3-12-5-9-15(10-6-12)22-17(18)19/h5-11,17H,3,20H2,1H3. The van der Waals surface area contributed by atoms with Crippen LogP contribution in [0.5, 0.6) is 11.5 Å². The number of nitrogen functional groups attached to an aromatic ring is 1. The highest BCUT2D eigenvalue weighted by molar-refractivity contribution is 5.54. The lowest BCUT2D eigenvalue weighted by atomic mass is 10.1. The van der Waals surface area contributed by atoms with Gasteiger partial charge >= 0.3 is 6.61 Å². The summed E-state index contributed by atoms with van der Waals surface area (Å²) in [4.78, 5) is 0. The summed E-state index contributed by atoms with van der Waals surface area (Å²) in [5, 5.41) is 0. The molecule has 0 heterocycles. The molecule has 0 spiro atoms. The number of hydrogen-bond acceptors (Lipinski definition) is 3. The van der Waals surface area contributed by atoms with Crippen LogP contribution >= 0.6 is 0 Å². The SMILES string of the molecule is COc1cc(N)ccc1C#CCc1ccc(OC(F)F)cc1. The van der Waals surface area contributed by atoms with Gasteiger partial charge in [-0.3, -0.25) is 0 Å². The zero-order valence-corrected chi connectivity index (χ0v) is 12.0. The molecule has 0 aliphatic rings. The summed E-state index contributed by atoms with van der Waals surface area (Å²) in [6.07, 6.45) is 0.489. The summed E-state index contributed by atoms with van der Waals surface area (Å²) in [7, 11) is 1.56. The Hall–Kier alpha value is -2.74. The van der Waals surface area contributed by atoms with E-state index in [-0.39, 0.29) is 5.75 Å². The molecule has 0 unspecified atom stereocenters. The van der Waals surface area contributed by atoms with E-state index in [4.69, 9.17) is 10.5 Å². The maximum Gasteiger partial charge on any atom is 0.387 e. The summed E-state index contributed by atoms with van der Waals surface area (Å²) in [5.41, 5.74) is 7.94. The molecule has 2 aromatic carbocycles. The largest absolute Gasteiger partial charge is 0.495 e. The number of methoxy groups -OCH3 is 1. The van der Waals surface area contributed by atoms with Crippen LogP contribution < -0.4 is 15.2 Å². The van der Waals surface area contributed by atoms with Gasteiger partial charge in [0.2, 0.25) is 0 Å². The zero-order valence-electron chi connectivity index (χ0n) is 12.0. The maximum atomic E-state index is 12.0. The van der Waals surface area contributed by atoms with Crippen molar-refractivity contribution < 1.29 is 18.3 Å². The predicted molar refractivity (Wildman–Crippen MR) is 81.1 cm³/mol. The molecule has 0 aliphatic carbocycles. The van der Waals surface area contributed by atoms with E-state index in [0.717, 1.165) is 11.1 Å². The zero-order chi connectivity index (χ0) is 15.9. The van der Waals surface area contributed by atoms with Crippen molar-refractivity contribution in [1.82, 2.24) is 0 Å². The van der Waals surface area contributed by atoms with Gasteiger partial charge in [-0.2, -0.15) is 8.78 Å². The van der Waals surface area contributed by atoms with Gasteiger partial charge in [-0.25, -0.2) is 0 Å². The minimum atomic E-state index is -2.82. The molecule has 3 nitrogen and oxygen atoms in total. The van der Waals surface area contributed by atoms with Gasteiger partial charge in [0.05, 0.1) is 12.7 Å². The Bertz CT molecular complexity index is 688. The lowest BCUT2D eigenvalue weighted by Crippen LogP contribution is -2.01. The number of alkyl halides is 2. The first-order valence-electron chi connectivity index (χ1n) is 6.54. The van der Waals surface area contributed by atoms with Crippen molar-refractivity contribution in [3.05, 3.63) is 53.6 Å². The Morgan fingerprint density at radius 2 is 1.86 bits per heavy atom. The average molecular weight is 303 g/mol. The lowest BCUT2D eigenvalue weighted by Gasteiger charge is -2.04. The van der Waals surface area contributed by atoms with Crippen molar-refractivity contribution in [2.24, 2.45) is 0 Å². The number of rotatable bonds is 4. The second-order valence-corrected chi connectivity index (χ2v) is 4.46. The predicted octanol–water partition coefficient (Wildman–Crippen LogP) is 3.47. The quantitative estimate of drug-likeness (QED) is 0.695. The molecule has 22 heavy (non-hydrogen) atoms. The second-order valence-electron chi connectivity index (χ2n) is 4.46. The van der Waals surface area contributed by atoms with Crippen LogP contribution in [0.4, 0.5) is 14.5 Å². The van der Waals surface area contributed by atoms with Gasteiger partial charge in [0, 0.05) is 18.2 Å². The molecular formula is C17H15F2NO2. The molecule has 2 N–H and O–H groups in total. The number of halogens is 2. The Morgan fingerprint density at radius 1 is 1.14 bits per heavy atom. The van der Waals surface area contributed by atoms with Crippen molar-refractivity contribution in [3.63, 3.8) is 0 Å². The Morgan fingerprint density at radius 3 is 2.50 bits per heavy atom. The van der Waals surface area contributed by atoms with E-state index in [9.17, 15) is 8.78 Å². The molecule has 0 radical (unpaired) electrons. The van der Waals surface area contributed by atoms with E-state index >= 15 is 0 Å². The summed E-state index contributed by atoms with van der Waals surface area (Å²) < 4.78 is 33.6. The third kappa shape index (κ3) is 4.38. The Balaban J connectivity index is 2.04. The van der Waals surface area contributed by atoms with Gasteiger partial charge in [-0.1, -0.05) is 24.0 Å². The van der Waals surface area contributed by atoms with Crippen molar-refractivity contribution in [2.75, 3.05) is 12.8 Å². The summed E-state index contributed by atoms with van der Waals surface area (Å²) in [6, 6.07) is 11.6. The first-order valence-corrected chi connectivity index (χ1v) is 6.54. The van der Waals surface area contributed by atoms with Crippen LogP contribution in [0, 0.1) is 11.8 Å². The van der Waals surface area contributed by atoms with Crippen LogP contribution in [0.2, 0.25) is 0 Å². The van der Waals surface area contributed by atoms with E-state index in [2.05, 4.69) is 16.6 Å². The topological polar surface area (TPSA) is 44.5 Å². The highest BCUT2D eigenvalue weighted by Gasteiger charge is 2.03. The van der Waals surface area contributed by atoms with E-state index in [1.54, 1.807) is 37.4 Å². The van der Waals surface area contributed by atoms with Crippen LogP contribution in [0.25, 0.3) is 0 Å². The lowest BCUT2D eigenvalue weighted by molar-refractivity contribution is -0.0498. The van der Waals surface area contributed by atoms with E-state index in [1.807, 2.05) is 0 Å². The summed E-state index contributed by atoms with van der Waals surface area (Å²) in [5.74, 6) is 6.77. The molecule has 0 saturated heterocycles. The summed E-state index contributed by atoms with van der Waals surface area (Å²) in [6.45, 7) is -2.82. The minimum absolute atomic E-state index is 0.131. The average Bonchev–Trinajstić information content (AvgIpc) is 2.50. The van der Waals surface area contributed by atoms with Crippen LogP contribution in [-0.4, -0.2) is 13.7 Å². The van der Waals surface area contributed by atoms with Crippen molar-refractivity contribution in [1.29, 1.82) is 0 Å². The first kappa shape index (κ1) is 15.6. The Labute approximate surface area is 127 Å². The fraction of sp³-hybridized carbons (Fsp3) is 0.176. The van der Waals surface area contributed by atoms with Gasteiger partial charge < -0.3 is 15.2 Å². The number of benzene rings is 2. The van der Waals surface area contributed by atoms with Gasteiger partial charge in [-0.05, 0) is 29.8 Å². The maximum absolute atomic E-state index is 12.0. The third-order valence-electron chi connectivity index (χ3n) is 2.89. The molecule has 0 aromatic heterocycles. The monoisotopic (exact) mass is 303 g/mol. The van der Waals surface area contributed by atoms with E-state index in [0.29, 0.717) is 17.9 Å². The highest BCUT2D eigenvalue weighted by atomic mass is 19.3. The van der Waals surface area contributed by atoms with Crippen LogP contribution in [-0.2, 0) is 6.42 Å². The van der Waals surface area contributed by atoms with Crippen molar-refractivity contribution in [2.45, 2.75) is 13.0 Å². The van der Waals surface area contributed by atoms with Gasteiger partial charge in [0.1, 0.15) is 11.5 Å². The molecule has 5 heteroatoms. The van der Waals surface area contributed by atoms with Crippen molar-refractivity contribution in [3.8, 4) is 23.3 Å². The molecule has 0 bridgehead atoms. The number of ether oxygens (including phenoxy) is 2. The molecule has 0 amide bonds. The van der Waals surface area contributed by atoms with Crippen LogP contribution in [0.15, 0.2) is 42.5 Å². The van der Waals surface area contributed by atoms with E-state index in [1.165, 1.54) is 12.1 Å². The highest BCUT2D eigenvalue weighted by Crippen LogP contribution is 2.20. The van der Waals surface area contributed by atoms with Crippen LogP contribution in [0.3, 0.4) is 0 Å². The third-order valence-corrected chi connectivity index (χ3v) is 2.89. The number of hydrogen-bond donors (Lipinski definition) is 1. The second kappa shape index (κ2) is 7.32. The molecular weight excluding hydrogens is 288 g/mol. The number of anilines is 1. The van der Waals surface area contributed by atoms with Gasteiger partial charge in [0.25, 0.3) is 0 Å². The molecule has 0 fully saturated rings. The van der Waals surface area contributed by atoms with Crippen molar-refractivity contribution >= 4 is 5.69 Å². The van der Waals surface area contributed by atoms with Gasteiger partial charge in [0.15, 0.2) is 0 Å². The fourth-order valence-corrected chi connectivity index (χ4v) is 1.84. The fourth-order valence-electron chi connectivity index (χ4n) is 1.84.